The zero-order valence-electron chi connectivity index (χ0n) is 9.11. The average molecular weight is 206 g/mol. The van der Waals surface area contributed by atoms with Crippen molar-refractivity contribution in [1.82, 2.24) is 14.8 Å². The van der Waals surface area contributed by atoms with Gasteiger partial charge in [-0.1, -0.05) is 6.92 Å². The van der Waals surface area contributed by atoms with Gasteiger partial charge in [0.25, 0.3) is 0 Å². The molecule has 0 saturated heterocycles. The standard InChI is InChI=1S/C10H14N4O/c1-4-7-5-6-8(15-7)9-12-13-10(11-2)14(9)3/h5-6H,4H2,1-3H3,(H,11,13). The average Bonchev–Trinajstić information content (AvgIpc) is 2.83. The number of nitrogens with one attached hydrogen (secondary N) is 1. The van der Waals surface area contributed by atoms with Crippen LogP contribution in [0.4, 0.5) is 5.95 Å². The fraction of sp³-hybridized carbons (Fsp3) is 0.400. The monoisotopic (exact) mass is 206 g/mol. The molecule has 2 heterocycles. The fourth-order valence-electron chi connectivity index (χ4n) is 1.45. The highest BCUT2D eigenvalue weighted by atomic mass is 16.3. The van der Waals surface area contributed by atoms with Crippen LogP contribution in [0.5, 0.6) is 0 Å². The van der Waals surface area contributed by atoms with Gasteiger partial charge >= 0.3 is 0 Å². The third-order valence-corrected chi connectivity index (χ3v) is 2.33. The van der Waals surface area contributed by atoms with Gasteiger partial charge in [-0.25, -0.2) is 0 Å². The van der Waals surface area contributed by atoms with Crippen molar-refractivity contribution in [1.29, 1.82) is 0 Å². The Kier molecular flexibility index (Phi) is 2.45. The summed E-state index contributed by atoms with van der Waals surface area (Å²) in [4.78, 5) is 0. The molecule has 2 aromatic rings. The minimum Gasteiger partial charge on any atom is -0.458 e. The molecule has 0 spiro atoms. The molecule has 2 rings (SSSR count). The summed E-state index contributed by atoms with van der Waals surface area (Å²) in [5, 5.41) is 11.0. The predicted molar refractivity (Wildman–Crippen MR) is 57.6 cm³/mol. The lowest BCUT2D eigenvalue weighted by Gasteiger charge is -1.99. The molecule has 5 heteroatoms. The summed E-state index contributed by atoms with van der Waals surface area (Å²) in [6, 6.07) is 3.88. The lowest BCUT2D eigenvalue weighted by atomic mass is 10.3. The Morgan fingerprint density at radius 2 is 2.20 bits per heavy atom. The van der Waals surface area contributed by atoms with Crippen LogP contribution in [0.2, 0.25) is 0 Å². The van der Waals surface area contributed by atoms with Crippen LogP contribution >= 0.6 is 0 Å². The maximum atomic E-state index is 5.61. The van der Waals surface area contributed by atoms with Crippen molar-refractivity contribution < 1.29 is 4.42 Å². The Morgan fingerprint density at radius 1 is 1.40 bits per heavy atom. The lowest BCUT2D eigenvalue weighted by molar-refractivity contribution is 0.523. The number of rotatable bonds is 3. The molecule has 15 heavy (non-hydrogen) atoms. The number of hydrogen-bond acceptors (Lipinski definition) is 4. The SMILES string of the molecule is CCc1ccc(-c2nnc(NC)n2C)o1. The second kappa shape index (κ2) is 3.76. The molecule has 0 aliphatic carbocycles. The summed E-state index contributed by atoms with van der Waals surface area (Å²) in [5.74, 6) is 3.17. The van der Waals surface area contributed by atoms with Gasteiger partial charge in [0, 0.05) is 20.5 Å². The minimum atomic E-state index is 0.722. The Morgan fingerprint density at radius 3 is 2.73 bits per heavy atom. The third kappa shape index (κ3) is 1.60. The van der Waals surface area contributed by atoms with Crippen molar-refractivity contribution in [2.24, 2.45) is 7.05 Å². The van der Waals surface area contributed by atoms with Crippen molar-refractivity contribution in [3.05, 3.63) is 17.9 Å². The molecule has 0 aromatic carbocycles. The van der Waals surface area contributed by atoms with Gasteiger partial charge in [0.2, 0.25) is 11.8 Å². The van der Waals surface area contributed by atoms with Gasteiger partial charge in [0.1, 0.15) is 5.76 Å². The first-order chi connectivity index (χ1) is 7.26. The molecule has 0 atom stereocenters. The summed E-state index contributed by atoms with van der Waals surface area (Å²) >= 11 is 0. The number of anilines is 1. The highest BCUT2D eigenvalue weighted by molar-refractivity contribution is 5.50. The maximum absolute atomic E-state index is 5.61. The number of aryl methyl sites for hydroxylation is 1. The van der Waals surface area contributed by atoms with E-state index in [2.05, 4.69) is 22.4 Å². The summed E-state index contributed by atoms with van der Waals surface area (Å²) in [7, 11) is 3.71. The van der Waals surface area contributed by atoms with E-state index in [-0.39, 0.29) is 0 Å². The second-order valence-electron chi connectivity index (χ2n) is 3.28. The van der Waals surface area contributed by atoms with Gasteiger partial charge in [-0.2, -0.15) is 0 Å². The van der Waals surface area contributed by atoms with Gasteiger partial charge in [-0.3, -0.25) is 4.57 Å². The Bertz CT molecular complexity index is 458. The number of aromatic nitrogens is 3. The predicted octanol–water partition coefficient (Wildman–Crippen LogP) is 1.68. The van der Waals surface area contributed by atoms with E-state index < -0.39 is 0 Å². The Labute approximate surface area is 88.1 Å². The van der Waals surface area contributed by atoms with Crippen LogP contribution in [0.15, 0.2) is 16.5 Å². The number of nitrogens with zero attached hydrogens (tertiary/aromatic N) is 3. The molecule has 0 aliphatic rings. The summed E-state index contributed by atoms with van der Waals surface area (Å²) in [6.07, 6.45) is 0.886. The maximum Gasteiger partial charge on any atom is 0.224 e. The largest absolute Gasteiger partial charge is 0.458 e. The van der Waals surface area contributed by atoms with Crippen LogP contribution in [0.25, 0.3) is 11.6 Å². The van der Waals surface area contributed by atoms with Gasteiger partial charge in [0.15, 0.2) is 5.76 Å². The molecule has 0 radical (unpaired) electrons. The summed E-state index contributed by atoms with van der Waals surface area (Å²) < 4.78 is 7.47. The van der Waals surface area contributed by atoms with Crippen LogP contribution in [0.1, 0.15) is 12.7 Å². The van der Waals surface area contributed by atoms with Gasteiger partial charge in [-0.15, -0.1) is 10.2 Å². The molecule has 0 amide bonds. The van der Waals surface area contributed by atoms with E-state index in [1.165, 1.54) is 0 Å². The van der Waals surface area contributed by atoms with E-state index >= 15 is 0 Å². The van der Waals surface area contributed by atoms with Crippen LogP contribution in [-0.2, 0) is 13.5 Å². The smallest absolute Gasteiger partial charge is 0.224 e. The topological polar surface area (TPSA) is 55.9 Å². The molecule has 0 saturated carbocycles. The molecule has 2 aromatic heterocycles. The normalized spacial score (nSPS) is 10.6. The molecular weight excluding hydrogens is 192 g/mol. The van der Waals surface area contributed by atoms with Gasteiger partial charge in [-0.05, 0) is 12.1 Å². The zero-order valence-corrected chi connectivity index (χ0v) is 9.11. The quantitative estimate of drug-likeness (QED) is 0.830. The van der Waals surface area contributed by atoms with Gasteiger partial charge < -0.3 is 9.73 Å². The van der Waals surface area contributed by atoms with E-state index in [9.17, 15) is 0 Å². The fourth-order valence-corrected chi connectivity index (χ4v) is 1.45. The molecule has 0 unspecified atom stereocenters. The molecule has 0 bridgehead atoms. The second-order valence-corrected chi connectivity index (χ2v) is 3.28. The first-order valence-electron chi connectivity index (χ1n) is 4.92. The van der Waals surface area contributed by atoms with Crippen molar-refractivity contribution in [3.8, 4) is 11.6 Å². The molecule has 0 aliphatic heterocycles. The van der Waals surface area contributed by atoms with Gasteiger partial charge in [0.05, 0.1) is 0 Å². The highest BCUT2D eigenvalue weighted by Crippen LogP contribution is 2.21. The van der Waals surface area contributed by atoms with Crippen molar-refractivity contribution in [2.45, 2.75) is 13.3 Å². The lowest BCUT2D eigenvalue weighted by Crippen LogP contribution is -1.99. The van der Waals surface area contributed by atoms with E-state index in [4.69, 9.17) is 4.42 Å². The zero-order chi connectivity index (χ0) is 10.8. The number of hydrogen-bond donors (Lipinski definition) is 1. The summed E-state index contributed by atoms with van der Waals surface area (Å²) in [5.41, 5.74) is 0. The van der Waals surface area contributed by atoms with Crippen LogP contribution in [0.3, 0.4) is 0 Å². The highest BCUT2D eigenvalue weighted by Gasteiger charge is 2.12. The van der Waals surface area contributed by atoms with E-state index in [0.717, 1.165) is 29.7 Å². The molecule has 0 fully saturated rings. The summed E-state index contributed by atoms with van der Waals surface area (Å²) in [6.45, 7) is 2.05. The van der Waals surface area contributed by atoms with Crippen LogP contribution in [-0.4, -0.2) is 21.8 Å². The van der Waals surface area contributed by atoms with E-state index in [0.29, 0.717) is 0 Å². The third-order valence-electron chi connectivity index (χ3n) is 2.33. The molecule has 80 valence electrons. The Hall–Kier alpha value is -1.78. The van der Waals surface area contributed by atoms with Crippen molar-refractivity contribution in [2.75, 3.05) is 12.4 Å². The minimum absolute atomic E-state index is 0.722. The van der Waals surface area contributed by atoms with Crippen LogP contribution in [0, 0.1) is 0 Å². The van der Waals surface area contributed by atoms with Crippen molar-refractivity contribution >= 4 is 5.95 Å². The van der Waals surface area contributed by atoms with E-state index in [1.807, 2.05) is 30.8 Å². The van der Waals surface area contributed by atoms with Crippen LogP contribution < -0.4 is 5.32 Å². The van der Waals surface area contributed by atoms with Crippen molar-refractivity contribution in [3.63, 3.8) is 0 Å². The first kappa shape index (κ1) is 9.76. The molecule has 1 N–H and O–H groups in total. The Balaban J connectivity index is 2.40. The first-order valence-corrected chi connectivity index (χ1v) is 4.92. The number of furan rings is 1. The molecular formula is C10H14N4O. The van der Waals surface area contributed by atoms with E-state index in [1.54, 1.807) is 0 Å². The molecule has 5 nitrogen and oxygen atoms in total.